The standard InChI is InChI=1S/C51H66O6/c1-9-13-15-35(11-3)31-51(32-36(12-4)16-14-10-2)45-26-37(17-19-39-25-41(33-52)44(34-53)47(28-39)54-5)21-23-42(45)43-24-22-38(27-46(43)51)18-20-40-29-48(55-6)50(57-8)49(30-40)56-7/h17-30,35-36,52-53H,9-16,31-34H2,1-8H3/b19-17+,20-18+. The second-order valence-electron chi connectivity index (χ2n) is 15.7. The quantitative estimate of drug-likeness (QED) is 0.0774. The predicted octanol–water partition coefficient (Wildman–Crippen LogP) is 12.5. The van der Waals surface area contributed by atoms with E-state index in [4.69, 9.17) is 18.9 Å². The van der Waals surface area contributed by atoms with Gasteiger partial charge in [-0.2, -0.15) is 0 Å². The number of fused-ring (bicyclic) bond motifs is 3. The fraction of sp³-hybridized carbons (Fsp3) is 0.451. The molecule has 306 valence electrons. The summed E-state index contributed by atoms with van der Waals surface area (Å²) >= 11 is 0. The number of unbranched alkanes of at least 4 members (excludes halogenated alkanes) is 2. The van der Waals surface area contributed by atoms with Gasteiger partial charge in [0.1, 0.15) is 5.75 Å². The molecule has 1 aliphatic carbocycles. The lowest BCUT2D eigenvalue weighted by atomic mass is 9.65. The summed E-state index contributed by atoms with van der Waals surface area (Å²) in [5.41, 5.74) is 11.0. The van der Waals surface area contributed by atoms with Crippen LogP contribution in [0.25, 0.3) is 35.4 Å². The number of aliphatic hydroxyl groups is 2. The van der Waals surface area contributed by atoms with E-state index >= 15 is 0 Å². The van der Waals surface area contributed by atoms with E-state index in [9.17, 15) is 10.2 Å². The van der Waals surface area contributed by atoms with Crippen molar-refractivity contribution in [3.8, 4) is 34.1 Å². The van der Waals surface area contributed by atoms with Crippen molar-refractivity contribution in [2.75, 3.05) is 28.4 Å². The molecule has 0 aromatic heterocycles. The van der Waals surface area contributed by atoms with Gasteiger partial charge in [-0.05, 0) is 99.0 Å². The van der Waals surface area contributed by atoms with E-state index < -0.39 is 0 Å². The summed E-state index contributed by atoms with van der Waals surface area (Å²) in [7, 11) is 6.53. The monoisotopic (exact) mass is 774 g/mol. The smallest absolute Gasteiger partial charge is 0.203 e. The van der Waals surface area contributed by atoms with Crippen LogP contribution in [0, 0.1) is 11.8 Å². The highest BCUT2D eigenvalue weighted by atomic mass is 16.5. The average molecular weight is 775 g/mol. The summed E-state index contributed by atoms with van der Waals surface area (Å²) in [5.74, 6) is 3.66. The number of ether oxygens (including phenoxy) is 4. The molecule has 0 saturated heterocycles. The Labute approximate surface area is 342 Å². The summed E-state index contributed by atoms with van der Waals surface area (Å²) in [6, 6.07) is 22.0. The second-order valence-corrected chi connectivity index (χ2v) is 15.7. The van der Waals surface area contributed by atoms with Gasteiger partial charge in [-0.25, -0.2) is 0 Å². The van der Waals surface area contributed by atoms with Gasteiger partial charge < -0.3 is 29.2 Å². The summed E-state index contributed by atoms with van der Waals surface area (Å²) < 4.78 is 22.5. The summed E-state index contributed by atoms with van der Waals surface area (Å²) in [4.78, 5) is 0. The molecule has 0 saturated carbocycles. The number of benzene rings is 4. The lowest BCUT2D eigenvalue weighted by molar-refractivity contribution is 0.254. The van der Waals surface area contributed by atoms with Crippen LogP contribution in [-0.2, 0) is 18.6 Å². The zero-order valence-electron chi connectivity index (χ0n) is 35.8. The maximum atomic E-state index is 10.1. The lowest BCUT2D eigenvalue weighted by Gasteiger charge is -2.39. The fourth-order valence-electron chi connectivity index (χ4n) is 9.04. The van der Waals surface area contributed by atoms with Crippen LogP contribution in [0.1, 0.15) is 136 Å². The Morgan fingerprint density at radius 2 is 1.00 bits per heavy atom. The molecule has 1 aliphatic rings. The first-order valence-electron chi connectivity index (χ1n) is 21.1. The van der Waals surface area contributed by atoms with Crippen LogP contribution in [0.3, 0.4) is 0 Å². The molecule has 0 spiro atoms. The molecule has 2 N–H and O–H groups in total. The van der Waals surface area contributed by atoms with E-state index in [0.29, 0.717) is 46.0 Å². The highest BCUT2D eigenvalue weighted by molar-refractivity contribution is 5.85. The molecule has 0 aliphatic heterocycles. The SMILES string of the molecule is CCCCC(CC)CC1(CC(CC)CCCC)c2cc(/C=C/c3cc(CO)c(CO)c(OC)c3)ccc2-c2ccc(/C=C/c3cc(OC)c(OC)c(OC)c3)cc21. The van der Waals surface area contributed by atoms with Gasteiger partial charge in [0.15, 0.2) is 11.5 Å². The number of methoxy groups -OCH3 is 4. The summed E-state index contributed by atoms with van der Waals surface area (Å²) in [6.07, 6.45) is 20.6. The average Bonchev–Trinajstić information content (AvgIpc) is 3.51. The molecule has 0 radical (unpaired) electrons. The van der Waals surface area contributed by atoms with E-state index in [1.807, 2.05) is 24.3 Å². The van der Waals surface area contributed by atoms with Crippen LogP contribution >= 0.6 is 0 Å². The van der Waals surface area contributed by atoms with Crippen LogP contribution in [0.15, 0.2) is 60.7 Å². The Morgan fingerprint density at radius 1 is 0.544 bits per heavy atom. The summed E-state index contributed by atoms with van der Waals surface area (Å²) in [5, 5.41) is 20.0. The molecular weight excluding hydrogens is 709 g/mol. The minimum Gasteiger partial charge on any atom is -0.496 e. The minimum absolute atomic E-state index is 0.135. The molecule has 0 amide bonds. The molecule has 57 heavy (non-hydrogen) atoms. The third-order valence-electron chi connectivity index (χ3n) is 12.3. The molecule has 6 heteroatoms. The Balaban J connectivity index is 1.67. The molecule has 0 heterocycles. The third kappa shape index (κ3) is 9.79. The van der Waals surface area contributed by atoms with E-state index in [1.54, 1.807) is 28.4 Å². The molecule has 5 rings (SSSR count). The van der Waals surface area contributed by atoms with Crippen molar-refractivity contribution in [3.63, 3.8) is 0 Å². The van der Waals surface area contributed by atoms with Crippen LogP contribution in [-0.4, -0.2) is 38.7 Å². The number of aliphatic hydroxyl groups excluding tert-OH is 2. The van der Waals surface area contributed by atoms with Crippen molar-refractivity contribution < 1.29 is 29.2 Å². The molecule has 2 atom stereocenters. The second kappa shape index (κ2) is 20.8. The highest BCUT2D eigenvalue weighted by Gasteiger charge is 2.45. The fourth-order valence-corrected chi connectivity index (χ4v) is 9.04. The molecule has 4 aromatic carbocycles. The van der Waals surface area contributed by atoms with Crippen molar-refractivity contribution in [1.82, 2.24) is 0 Å². The van der Waals surface area contributed by atoms with Gasteiger partial charge in [0.25, 0.3) is 0 Å². The van der Waals surface area contributed by atoms with Gasteiger partial charge in [-0.15, -0.1) is 0 Å². The van der Waals surface area contributed by atoms with Crippen LogP contribution in [0.4, 0.5) is 0 Å². The van der Waals surface area contributed by atoms with E-state index in [2.05, 4.69) is 88.4 Å². The number of rotatable bonds is 22. The Hall–Kier alpha value is -4.52. The van der Waals surface area contributed by atoms with Gasteiger partial charge in [0.05, 0.1) is 41.7 Å². The minimum atomic E-state index is -0.187. The predicted molar refractivity (Wildman–Crippen MR) is 237 cm³/mol. The maximum Gasteiger partial charge on any atom is 0.203 e. The first-order valence-corrected chi connectivity index (χ1v) is 21.1. The van der Waals surface area contributed by atoms with Gasteiger partial charge in [0.2, 0.25) is 5.75 Å². The van der Waals surface area contributed by atoms with Crippen LogP contribution < -0.4 is 18.9 Å². The first-order chi connectivity index (χ1) is 27.8. The Bertz CT molecular complexity index is 1800. The zero-order chi connectivity index (χ0) is 41.0. The van der Waals surface area contributed by atoms with Crippen molar-refractivity contribution in [2.24, 2.45) is 11.8 Å². The van der Waals surface area contributed by atoms with Crippen molar-refractivity contribution >= 4 is 24.3 Å². The first kappa shape index (κ1) is 43.6. The number of hydrogen-bond donors (Lipinski definition) is 2. The van der Waals surface area contributed by atoms with Gasteiger partial charge in [0, 0.05) is 11.0 Å². The van der Waals surface area contributed by atoms with Crippen LogP contribution in [0.5, 0.6) is 23.0 Å². The maximum absolute atomic E-state index is 10.1. The van der Waals surface area contributed by atoms with E-state index in [1.165, 1.54) is 66.3 Å². The van der Waals surface area contributed by atoms with E-state index in [0.717, 1.165) is 42.4 Å². The normalized spacial score (nSPS) is 15.8. The molecule has 0 fully saturated rings. The largest absolute Gasteiger partial charge is 0.496 e. The van der Waals surface area contributed by atoms with Gasteiger partial charge >= 0.3 is 0 Å². The van der Waals surface area contributed by atoms with Crippen molar-refractivity contribution in [1.29, 1.82) is 0 Å². The Morgan fingerprint density at radius 3 is 1.40 bits per heavy atom. The van der Waals surface area contributed by atoms with Crippen LogP contribution in [0.2, 0.25) is 0 Å². The van der Waals surface area contributed by atoms with Crippen molar-refractivity contribution in [2.45, 2.75) is 111 Å². The lowest BCUT2D eigenvalue weighted by Crippen LogP contribution is -2.31. The highest BCUT2D eigenvalue weighted by Crippen LogP contribution is 2.57. The molecule has 4 aromatic rings. The molecular formula is C51H66O6. The Kier molecular flexibility index (Phi) is 15.9. The number of hydrogen-bond acceptors (Lipinski definition) is 6. The molecule has 6 nitrogen and oxygen atoms in total. The topological polar surface area (TPSA) is 77.4 Å². The third-order valence-corrected chi connectivity index (χ3v) is 12.3. The molecule has 0 bridgehead atoms. The van der Waals surface area contributed by atoms with Gasteiger partial charge in [-0.3, -0.25) is 0 Å². The van der Waals surface area contributed by atoms with Gasteiger partial charge in [-0.1, -0.05) is 140 Å². The summed E-state index contributed by atoms with van der Waals surface area (Å²) in [6.45, 7) is 9.02. The van der Waals surface area contributed by atoms with Crippen molar-refractivity contribution in [3.05, 3.63) is 105 Å². The zero-order valence-corrected chi connectivity index (χ0v) is 35.8. The van der Waals surface area contributed by atoms with E-state index in [-0.39, 0.29) is 18.6 Å². The molecule has 2 unspecified atom stereocenters.